The van der Waals surface area contributed by atoms with Gasteiger partial charge >= 0.3 is 0 Å². The maximum absolute atomic E-state index is 13.4. The van der Waals surface area contributed by atoms with Crippen molar-refractivity contribution in [1.82, 2.24) is 5.32 Å². The van der Waals surface area contributed by atoms with E-state index >= 15 is 0 Å². The number of hydrogen-bond donors (Lipinski definition) is 2. The van der Waals surface area contributed by atoms with Crippen LogP contribution in [0.4, 0.5) is 4.39 Å². The average Bonchev–Trinajstić information content (AvgIpc) is 2.74. The predicted octanol–water partition coefficient (Wildman–Crippen LogP) is 2.75. The number of aromatic hydroxyl groups is 1. The largest absolute Gasteiger partial charge is 0.505 e. The van der Waals surface area contributed by atoms with Crippen LogP contribution < -0.4 is 5.32 Å². The first kappa shape index (κ1) is 11.9. The van der Waals surface area contributed by atoms with Crippen molar-refractivity contribution in [3.8, 4) is 5.75 Å². The third kappa shape index (κ3) is 2.23. The van der Waals surface area contributed by atoms with Gasteiger partial charge in [0.05, 0.1) is 0 Å². The first-order valence-corrected chi connectivity index (χ1v) is 6.26. The van der Waals surface area contributed by atoms with Gasteiger partial charge in [0, 0.05) is 10.0 Å². The summed E-state index contributed by atoms with van der Waals surface area (Å²) in [6.07, 6.45) is 1.83. The summed E-state index contributed by atoms with van der Waals surface area (Å²) in [5.74, 6) is -0.232. The molecule has 0 bridgehead atoms. The molecule has 1 aliphatic heterocycles. The predicted molar refractivity (Wildman–Crippen MR) is 65.2 cm³/mol. The van der Waals surface area contributed by atoms with Crippen molar-refractivity contribution in [2.75, 3.05) is 13.1 Å². The summed E-state index contributed by atoms with van der Waals surface area (Å²) < 4.78 is 14.1. The van der Waals surface area contributed by atoms with Gasteiger partial charge in [0.15, 0.2) is 11.6 Å². The van der Waals surface area contributed by atoms with Gasteiger partial charge in [-0.15, -0.1) is 0 Å². The summed E-state index contributed by atoms with van der Waals surface area (Å²) >= 11 is 3.31. The summed E-state index contributed by atoms with van der Waals surface area (Å²) in [7, 11) is 0. The molecule has 88 valence electrons. The van der Waals surface area contributed by atoms with Gasteiger partial charge in [-0.3, -0.25) is 0 Å². The molecule has 1 saturated heterocycles. The van der Waals surface area contributed by atoms with Crippen molar-refractivity contribution < 1.29 is 9.50 Å². The Morgan fingerprint density at radius 2 is 2.38 bits per heavy atom. The highest BCUT2D eigenvalue weighted by atomic mass is 79.9. The summed E-state index contributed by atoms with van der Waals surface area (Å²) in [6.45, 7) is 3.87. The van der Waals surface area contributed by atoms with Gasteiger partial charge in [0.1, 0.15) is 0 Å². The van der Waals surface area contributed by atoms with Crippen LogP contribution in [0.5, 0.6) is 5.75 Å². The lowest BCUT2D eigenvalue weighted by molar-refractivity contribution is 0.418. The van der Waals surface area contributed by atoms with Crippen LogP contribution in [-0.2, 0) is 6.42 Å². The van der Waals surface area contributed by atoms with Crippen LogP contribution in [0.2, 0.25) is 0 Å². The minimum atomic E-state index is -0.543. The van der Waals surface area contributed by atoms with Crippen molar-refractivity contribution in [3.05, 3.63) is 27.5 Å². The van der Waals surface area contributed by atoms with Crippen molar-refractivity contribution in [2.45, 2.75) is 19.8 Å². The molecule has 1 atom stereocenters. The molecule has 4 heteroatoms. The van der Waals surface area contributed by atoms with Crippen LogP contribution in [-0.4, -0.2) is 18.2 Å². The first-order valence-electron chi connectivity index (χ1n) is 5.46. The molecule has 1 heterocycles. The molecule has 0 radical (unpaired) electrons. The highest BCUT2D eigenvalue weighted by molar-refractivity contribution is 9.10. The number of halogens is 2. The Morgan fingerprint density at radius 1 is 1.62 bits per heavy atom. The molecule has 0 aliphatic carbocycles. The van der Waals surface area contributed by atoms with Crippen molar-refractivity contribution >= 4 is 15.9 Å². The molecule has 1 aromatic carbocycles. The number of benzene rings is 1. The summed E-state index contributed by atoms with van der Waals surface area (Å²) in [5.41, 5.74) is 1.67. The number of hydrogen-bond acceptors (Lipinski definition) is 2. The lowest BCUT2D eigenvalue weighted by Gasteiger charge is -2.14. The van der Waals surface area contributed by atoms with E-state index in [1.54, 1.807) is 0 Å². The van der Waals surface area contributed by atoms with Crippen LogP contribution in [0, 0.1) is 18.7 Å². The smallest absolute Gasteiger partial charge is 0.166 e. The Morgan fingerprint density at radius 3 is 3.00 bits per heavy atom. The van der Waals surface area contributed by atoms with E-state index in [2.05, 4.69) is 21.2 Å². The molecule has 0 amide bonds. The van der Waals surface area contributed by atoms with E-state index in [-0.39, 0.29) is 5.75 Å². The minimum absolute atomic E-state index is 0.187. The zero-order valence-electron chi connectivity index (χ0n) is 9.19. The van der Waals surface area contributed by atoms with Gasteiger partial charge in [-0.25, -0.2) is 4.39 Å². The Hall–Kier alpha value is -0.610. The quantitative estimate of drug-likeness (QED) is 0.877. The second-order valence-corrected chi connectivity index (χ2v) is 5.21. The molecule has 1 aliphatic rings. The van der Waals surface area contributed by atoms with E-state index in [0.717, 1.165) is 41.5 Å². The summed E-state index contributed by atoms with van der Waals surface area (Å²) in [4.78, 5) is 0. The van der Waals surface area contributed by atoms with Crippen LogP contribution in [0.15, 0.2) is 10.5 Å². The molecule has 0 saturated carbocycles. The summed E-state index contributed by atoms with van der Waals surface area (Å²) in [5, 5.41) is 13.0. The zero-order chi connectivity index (χ0) is 11.7. The molecule has 1 fully saturated rings. The average molecular weight is 288 g/mol. The van der Waals surface area contributed by atoms with Crippen molar-refractivity contribution in [2.24, 2.45) is 5.92 Å². The highest BCUT2D eigenvalue weighted by Crippen LogP contribution is 2.33. The maximum Gasteiger partial charge on any atom is 0.166 e. The fourth-order valence-electron chi connectivity index (χ4n) is 2.18. The molecule has 0 aromatic heterocycles. The van der Waals surface area contributed by atoms with E-state index in [4.69, 9.17) is 0 Å². The molecular weight excluding hydrogens is 273 g/mol. The molecule has 2 N–H and O–H groups in total. The normalized spacial score (nSPS) is 20.3. The van der Waals surface area contributed by atoms with Crippen LogP contribution in [0.25, 0.3) is 0 Å². The Labute approximate surface area is 103 Å². The van der Waals surface area contributed by atoms with E-state index in [1.807, 2.05) is 6.92 Å². The van der Waals surface area contributed by atoms with Crippen LogP contribution in [0.3, 0.4) is 0 Å². The first-order chi connectivity index (χ1) is 7.59. The van der Waals surface area contributed by atoms with Gasteiger partial charge in [-0.1, -0.05) is 15.9 Å². The zero-order valence-corrected chi connectivity index (χ0v) is 10.8. The van der Waals surface area contributed by atoms with Gasteiger partial charge in [-0.2, -0.15) is 0 Å². The molecule has 1 aromatic rings. The lowest BCUT2D eigenvalue weighted by Crippen LogP contribution is -2.11. The Balaban J connectivity index is 2.31. The van der Waals surface area contributed by atoms with Crippen LogP contribution >= 0.6 is 15.9 Å². The highest BCUT2D eigenvalue weighted by Gasteiger charge is 2.20. The maximum atomic E-state index is 13.4. The fourth-order valence-corrected chi connectivity index (χ4v) is 2.62. The summed E-state index contributed by atoms with van der Waals surface area (Å²) in [6, 6.07) is 1.32. The Bertz CT molecular complexity index is 376. The SMILES string of the molecule is Cc1c(Br)cc(F)c(O)c1CC1CCNC1. The van der Waals surface area contributed by atoms with Crippen molar-refractivity contribution in [1.29, 1.82) is 0 Å². The van der Waals surface area contributed by atoms with E-state index in [0.29, 0.717) is 5.92 Å². The second kappa shape index (κ2) is 4.72. The molecule has 2 nitrogen and oxygen atoms in total. The van der Waals surface area contributed by atoms with Gasteiger partial charge in [0.25, 0.3) is 0 Å². The standard InChI is InChI=1S/C12H15BrFNO/c1-7-9(4-8-2-3-15-6-8)12(16)11(14)5-10(7)13/h5,8,15-16H,2-4,6H2,1H3. The monoisotopic (exact) mass is 287 g/mol. The molecule has 2 rings (SSSR count). The van der Waals surface area contributed by atoms with Crippen molar-refractivity contribution in [3.63, 3.8) is 0 Å². The number of nitrogens with one attached hydrogen (secondary N) is 1. The molecule has 16 heavy (non-hydrogen) atoms. The van der Waals surface area contributed by atoms with E-state index in [1.165, 1.54) is 6.07 Å². The number of phenols is 1. The van der Waals surface area contributed by atoms with Gasteiger partial charge in [-0.05, 0) is 50.4 Å². The lowest BCUT2D eigenvalue weighted by atomic mass is 9.94. The molecular formula is C12H15BrFNO. The van der Waals surface area contributed by atoms with E-state index < -0.39 is 5.82 Å². The third-order valence-corrected chi connectivity index (χ3v) is 4.06. The minimum Gasteiger partial charge on any atom is -0.505 e. The number of rotatable bonds is 2. The number of phenolic OH excluding ortho intramolecular Hbond substituents is 1. The second-order valence-electron chi connectivity index (χ2n) is 4.36. The van der Waals surface area contributed by atoms with Crippen LogP contribution in [0.1, 0.15) is 17.5 Å². The third-order valence-electron chi connectivity index (χ3n) is 3.23. The van der Waals surface area contributed by atoms with Gasteiger partial charge in [0.2, 0.25) is 0 Å². The molecule has 1 unspecified atom stereocenters. The fraction of sp³-hybridized carbons (Fsp3) is 0.500. The Kier molecular flexibility index (Phi) is 3.50. The molecule has 0 spiro atoms. The van der Waals surface area contributed by atoms with E-state index in [9.17, 15) is 9.50 Å². The van der Waals surface area contributed by atoms with Gasteiger partial charge < -0.3 is 10.4 Å². The topological polar surface area (TPSA) is 32.3 Å².